The third kappa shape index (κ3) is 4.96. The fourth-order valence-corrected chi connectivity index (χ4v) is 6.67. The Morgan fingerprint density at radius 2 is 1.76 bits per heavy atom. The van der Waals surface area contributed by atoms with Crippen molar-refractivity contribution in [3.8, 4) is 0 Å². The van der Waals surface area contributed by atoms with E-state index in [1.165, 1.54) is 45.7 Å². The van der Waals surface area contributed by atoms with Crippen molar-refractivity contribution in [2.45, 2.75) is 48.6 Å². The first kappa shape index (κ1) is 25.0. The van der Waals surface area contributed by atoms with Crippen LogP contribution in [0.1, 0.15) is 43.4 Å². The summed E-state index contributed by atoms with van der Waals surface area (Å²) in [5.41, 5.74) is 0.527. The Morgan fingerprint density at radius 1 is 1.12 bits per heavy atom. The van der Waals surface area contributed by atoms with Gasteiger partial charge < -0.3 is 14.4 Å². The highest BCUT2D eigenvalue weighted by Crippen LogP contribution is 2.61. The molecule has 0 saturated heterocycles. The van der Waals surface area contributed by atoms with Gasteiger partial charge in [0, 0.05) is 20.5 Å². The maximum atomic E-state index is 13.6. The molecule has 1 heterocycles. The van der Waals surface area contributed by atoms with Crippen LogP contribution in [0, 0.1) is 11.8 Å². The SMILES string of the molecule is COP(=O)(Cc1cnc(NC(=O)C2(c3ccc(S(C)(=O)=O)cc3)CC2C2CCCC2)cn1)OC. The number of nitrogens with one attached hydrogen (secondary N) is 1. The molecule has 1 N–H and O–H groups in total. The first-order chi connectivity index (χ1) is 16.1. The Morgan fingerprint density at radius 3 is 2.29 bits per heavy atom. The summed E-state index contributed by atoms with van der Waals surface area (Å²) in [6.45, 7) is 0. The van der Waals surface area contributed by atoms with Crippen molar-refractivity contribution in [1.29, 1.82) is 0 Å². The van der Waals surface area contributed by atoms with Gasteiger partial charge in [0.15, 0.2) is 15.7 Å². The van der Waals surface area contributed by atoms with E-state index in [0.29, 0.717) is 17.4 Å². The van der Waals surface area contributed by atoms with E-state index >= 15 is 0 Å². The predicted octanol–water partition coefficient (Wildman–Crippen LogP) is 3.95. The average molecular weight is 508 g/mol. The van der Waals surface area contributed by atoms with E-state index in [1.807, 2.05) is 0 Å². The molecule has 0 aliphatic heterocycles. The second-order valence-corrected chi connectivity index (χ2v) is 13.4. The molecular formula is C23H30N3O6PS. The predicted molar refractivity (Wildman–Crippen MR) is 127 cm³/mol. The van der Waals surface area contributed by atoms with Crippen molar-refractivity contribution in [2.75, 3.05) is 25.8 Å². The summed E-state index contributed by atoms with van der Waals surface area (Å²) in [6.07, 6.45) is 9.29. The zero-order valence-corrected chi connectivity index (χ0v) is 21.3. The molecule has 34 heavy (non-hydrogen) atoms. The summed E-state index contributed by atoms with van der Waals surface area (Å²) < 4.78 is 45.9. The molecule has 4 rings (SSSR count). The number of hydrogen-bond acceptors (Lipinski definition) is 8. The van der Waals surface area contributed by atoms with Crippen LogP contribution in [0.5, 0.6) is 0 Å². The molecule has 2 fully saturated rings. The van der Waals surface area contributed by atoms with Crippen molar-refractivity contribution in [1.82, 2.24) is 9.97 Å². The average Bonchev–Trinajstić information content (AvgIpc) is 3.35. The molecule has 1 amide bonds. The lowest BCUT2D eigenvalue weighted by Gasteiger charge is -2.21. The minimum atomic E-state index is -3.32. The van der Waals surface area contributed by atoms with Crippen LogP contribution in [-0.2, 0) is 39.8 Å². The molecule has 0 spiro atoms. The van der Waals surface area contributed by atoms with Gasteiger partial charge in [-0.05, 0) is 36.0 Å². The highest BCUT2D eigenvalue weighted by Gasteiger charge is 2.63. The molecule has 1 aromatic heterocycles. The monoisotopic (exact) mass is 507 g/mol. The van der Waals surface area contributed by atoms with Crippen LogP contribution < -0.4 is 5.32 Å². The molecular weight excluding hydrogens is 477 g/mol. The first-order valence-corrected chi connectivity index (χ1v) is 14.9. The van der Waals surface area contributed by atoms with Crippen LogP contribution >= 0.6 is 7.60 Å². The number of benzene rings is 1. The van der Waals surface area contributed by atoms with Crippen LogP contribution in [0.3, 0.4) is 0 Å². The third-order valence-electron chi connectivity index (χ3n) is 7.05. The van der Waals surface area contributed by atoms with Gasteiger partial charge in [-0.2, -0.15) is 0 Å². The number of carbonyl (C=O) groups is 1. The lowest BCUT2D eigenvalue weighted by atomic mass is 9.86. The zero-order valence-electron chi connectivity index (χ0n) is 19.6. The van der Waals surface area contributed by atoms with E-state index < -0.39 is 22.8 Å². The van der Waals surface area contributed by atoms with Crippen molar-refractivity contribution >= 4 is 29.2 Å². The second kappa shape index (κ2) is 9.49. The number of amides is 1. The van der Waals surface area contributed by atoms with Gasteiger partial charge in [0.25, 0.3) is 0 Å². The molecule has 9 nitrogen and oxygen atoms in total. The van der Waals surface area contributed by atoms with Crippen molar-refractivity contribution in [3.05, 3.63) is 47.9 Å². The Bertz CT molecular complexity index is 1190. The number of anilines is 1. The smallest absolute Gasteiger partial charge is 0.312 e. The molecule has 0 bridgehead atoms. The van der Waals surface area contributed by atoms with Crippen molar-refractivity contribution in [2.24, 2.45) is 11.8 Å². The van der Waals surface area contributed by atoms with Gasteiger partial charge in [-0.15, -0.1) is 0 Å². The molecule has 2 aliphatic carbocycles. The summed E-state index contributed by atoms with van der Waals surface area (Å²) in [7, 11) is -3.97. The Balaban J connectivity index is 1.56. The van der Waals surface area contributed by atoms with Gasteiger partial charge in [-0.1, -0.05) is 37.8 Å². The molecule has 2 aliphatic rings. The Hall–Kier alpha value is -2.13. The summed E-state index contributed by atoms with van der Waals surface area (Å²) in [5, 5.41) is 2.90. The normalized spacial score (nSPS) is 23.1. The van der Waals surface area contributed by atoms with Crippen LogP contribution in [0.4, 0.5) is 5.82 Å². The van der Waals surface area contributed by atoms with Crippen molar-refractivity contribution in [3.63, 3.8) is 0 Å². The fraction of sp³-hybridized carbons (Fsp3) is 0.522. The standard InChI is InChI=1S/C23H30N3O6PS/c1-31-33(28,32-2)15-18-13-25-21(14-24-18)26-22(27)23(12-20(23)16-6-4-5-7-16)17-8-10-19(11-9-17)34(3,29)30/h8-11,13-14,16,20H,4-7,12,15H2,1-3H3,(H,25,26,27). The summed E-state index contributed by atoms with van der Waals surface area (Å²) in [4.78, 5) is 22.3. The van der Waals surface area contributed by atoms with Gasteiger partial charge >= 0.3 is 7.60 Å². The number of nitrogens with zero attached hydrogens (tertiary/aromatic N) is 2. The number of aromatic nitrogens is 2. The Kier molecular flexibility index (Phi) is 6.97. The third-order valence-corrected chi connectivity index (χ3v) is 10.00. The maximum Gasteiger partial charge on any atom is 0.336 e. The minimum Gasteiger partial charge on any atom is -0.312 e. The molecule has 2 atom stereocenters. The van der Waals surface area contributed by atoms with Gasteiger partial charge in [-0.3, -0.25) is 14.3 Å². The molecule has 2 unspecified atom stereocenters. The van der Waals surface area contributed by atoms with E-state index in [0.717, 1.165) is 24.8 Å². The van der Waals surface area contributed by atoms with Gasteiger partial charge in [-0.25, -0.2) is 13.4 Å². The number of sulfone groups is 1. The Labute approximate surface area is 200 Å². The van der Waals surface area contributed by atoms with Gasteiger partial charge in [0.1, 0.15) is 0 Å². The van der Waals surface area contributed by atoms with Crippen LogP contribution in [0.2, 0.25) is 0 Å². The van der Waals surface area contributed by atoms with E-state index in [1.54, 1.807) is 24.3 Å². The van der Waals surface area contributed by atoms with Crippen LogP contribution in [0.25, 0.3) is 0 Å². The minimum absolute atomic E-state index is 0.0262. The van der Waals surface area contributed by atoms with Crippen LogP contribution in [-0.4, -0.2) is 44.8 Å². The number of rotatable bonds is 9. The lowest BCUT2D eigenvalue weighted by molar-refractivity contribution is -0.119. The van der Waals surface area contributed by atoms with E-state index in [9.17, 15) is 17.8 Å². The highest BCUT2D eigenvalue weighted by molar-refractivity contribution is 7.90. The largest absolute Gasteiger partial charge is 0.336 e. The van der Waals surface area contributed by atoms with E-state index in [4.69, 9.17) is 9.05 Å². The maximum absolute atomic E-state index is 13.6. The van der Waals surface area contributed by atoms with E-state index in [-0.39, 0.29) is 22.9 Å². The van der Waals surface area contributed by atoms with Gasteiger partial charge in [0.2, 0.25) is 5.91 Å². The quantitative estimate of drug-likeness (QED) is 0.506. The molecule has 1 aromatic carbocycles. The zero-order chi connectivity index (χ0) is 24.6. The lowest BCUT2D eigenvalue weighted by Crippen LogP contribution is -2.31. The molecule has 11 heteroatoms. The second-order valence-electron chi connectivity index (χ2n) is 9.10. The topological polar surface area (TPSA) is 125 Å². The summed E-state index contributed by atoms with van der Waals surface area (Å²) in [6, 6.07) is 6.66. The fourth-order valence-electron chi connectivity index (χ4n) is 5.07. The highest BCUT2D eigenvalue weighted by atomic mass is 32.2. The molecule has 184 valence electrons. The van der Waals surface area contributed by atoms with Gasteiger partial charge in [0.05, 0.1) is 34.6 Å². The number of carbonyl (C=O) groups excluding carboxylic acids is 1. The van der Waals surface area contributed by atoms with E-state index in [2.05, 4.69) is 15.3 Å². The molecule has 2 saturated carbocycles. The van der Waals surface area contributed by atoms with Crippen LogP contribution in [0.15, 0.2) is 41.6 Å². The molecule has 2 aromatic rings. The number of hydrogen-bond donors (Lipinski definition) is 1. The molecule has 0 radical (unpaired) electrons. The summed E-state index contributed by atoms with van der Waals surface area (Å²) >= 11 is 0. The first-order valence-electron chi connectivity index (χ1n) is 11.2. The van der Waals surface area contributed by atoms with Crippen molar-refractivity contribution < 1.29 is 26.8 Å². The summed E-state index contributed by atoms with van der Waals surface area (Å²) in [5.74, 6) is 0.812.